The van der Waals surface area contributed by atoms with E-state index in [2.05, 4.69) is 20.8 Å². The first-order valence-corrected chi connectivity index (χ1v) is 18.6. The zero-order valence-electron chi connectivity index (χ0n) is 29.1. The largest absolute Gasteiger partial charge is 0.508 e. The molecule has 1 aromatic rings. The minimum Gasteiger partial charge on any atom is -0.508 e. The van der Waals surface area contributed by atoms with Crippen molar-refractivity contribution < 1.29 is 36.8 Å². The van der Waals surface area contributed by atoms with E-state index in [9.17, 15) is 18.0 Å². The molecule has 3 saturated carbocycles. The van der Waals surface area contributed by atoms with E-state index in [4.69, 9.17) is 18.8 Å². The summed E-state index contributed by atoms with van der Waals surface area (Å²) in [5, 5.41) is 8.65. The van der Waals surface area contributed by atoms with E-state index < -0.39 is 21.6 Å². The third kappa shape index (κ3) is 8.62. The van der Waals surface area contributed by atoms with Crippen molar-refractivity contribution in [1.29, 1.82) is 0 Å². The van der Waals surface area contributed by atoms with Gasteiger partial charge in [0.05, 0.1) is 16.1 Å². The molecule has 9 heteroatoms. The van der Waals surface area contributed by atoms with Gasteiger partial charge in [0.25, 0.3) is 10.1 Å². The predicted molar refractivity (Wildman–Crippen MR) is 176 cm³/mol. The summed E-state index contributed by atoms with van der Waals surface area (Å²) in [6.07, 6.45) is 8.70. The maximum absolute atomic E-state index is 12.1. The lowest BCUT2D eigenvalue weighted by atomic mass is 9.89. The van der Waals surface area contributed by atoms with E-state index in [1.54, 1.807) is 12.1 Å². The number of aromatic hydroxyl groups is 1. The molecule has 2 bridgehead atoms. The molecule has 3 aliphatic carbocycles. The van der Waals surface area contributed by atoms with Gasteiger partial charge in [-0.3, -0.25) is 13.8 Å². The highest BCUT2D eigenvalue weighted by molar-refractivity contribution is 7.87. The molecular formula is C36H58O8S. The molecule has 8 nitrogen and oxygen atoms in total. The van der Waals surface area contributed by atoms with Gasteiger partial charge in [0.1, 0.15) is 23.6 Å². The fraction of sp³-hybridized carbons (Fsp3) is 0.778. The second-order valence-electron chi connectivity index (χ2n) is 14.9. The summed E-state index contributed by atoms with van der Waals surface area (Å²) >= 11 is 0. The summed E-state index contributed by atoms with van der Waals surface area (Å²) in [6.45, 7) is 18.1. The standard InChI is InChI=1S/C13H20O5S.C13H24O2.C10H14O/c1-4-13(2,3)12(14)17-10-7-5-8-9(6-7)19(15,16)18-11(8)10;1-5-12(3,4)11(14)15-13(6-2)9-7-8-10-13;1-3-8(2)9-4-6-10(11)7-5-9/h7-11H,4-6H2,1-3H3;5-10H2,1-4H3;4-8,11H,3H2,1-2H3. The Morgan fingerprint density at radius 1 is 0.956 bits per heavy atom. The van der Waals surface area contributed by atoms with Gasteiger partial charge in [-0.1, -0.05) is 46.8 Å². The van der Waals surface area contributed by atoms with Crippen molar-refractivity contribution in [2.75, 3.05) is 0 Å². The summed E-state index contributed by atoms with van der Waals surface area (Å²) < 4.78 is 40.1. The lowest BCUT2D eigenvalue weighted by Crippen LogP contribution is -2.40. The number of phenolic OH excluding ortho intramolecular Hbond substituents is 1. The summed E-state index contributed by atoms with van der Waals surface area (Å²) in [6, 6.07) is 7.43. The second kappa shape index (κ2) is 14.7. The third-order valence-electron chi connectivity index (χ3n) is 11.1. The second-order valence-corrected chi connectivity index (χ2v) is 16.6. The molecule has 4 aliphatic rings. The maximum Gasteiger partial charge on any atom is 0.312 e. The Morgan fingerprint density at radius 2 is 1.51 bits per heavy atom. The van der Waals surface area contributed by atoms with Crippen LogP contribution in [0.4, 0.5) is 0 Å². The Kier molecular flexibility index (Phi) is 12.2. The lowest BCUT2D eigenvalue weighted by molar-refractivity contribution is -0.170. The Bertz CT molecular complexity index is 1250. The minimum absolute atomic E-state index is 0.0197. The van der Waals surface area contributed by atoms with E-state index in [-0.39, 0.29) is 46.1 Å². The van der Waals surface area contributed by atoms with E-state index in [1.807, 2.05) is 53.7 Å². The molecule has 6 unspecified atom stereocenters. The number of carbonyl (C=O) groups excluding carboxylic acids is 2. The summed E-state index contributed by atoms with van der Waals surface area (Å²) in [7, 11) is -3.43. The van der Waals surface area contributed by atoms with Crippen LogP contribution in [0.3, 0.4) is 0 Å². The number of rotatable bonds is 9. The molecule has 0 amide bonds. The lowest BCUT2D eigenvalue weighted by Gasteiger charge is -2.32. The van der Waals surface area contributed by atoms with Crippen LogP contribution in [-0.2, 0) is 33.4 Å². The van der Waals surface area contributed by atoms with Crippen molar-refractivity contribution in [2.45, 2.75) is 155 Å². The predicted octanol–water partition coefficient (Wildman–Crippen LogP) is 8.07. The number of esters is 2. The van der Waals surface area contributed by atoms with Gasteiger partial charge < -0.3 is 14.6 Å². The first-order chi connectivity index (χ1) is 21.0. The van der Waals surface area contributed by atoms with Crippen molar-refractivity contribution in [1.82, 2.24) is 0 Å². The van der Waals surface area contributed by atoms with Crippen LogP contribution in [0.25, 0.3) is 0 Å². The smallest absolute Gasteiger partial charge is 0.312 e. The molecule has 0 spiro atoms. The summed E-state index contributed by atoms with van der Waals surface area (Å²) in [5.74, 6) is 0.838. The molecule has 1 aliphatic heterocycles. The van der Waals surface area contributed by atoms with Crippen molar-refractivity contribution >= 4 is 22.1 Å². The maximum atomic E-state index is 12.1. The number of carbonyl (C=O) groups is 2. The highest BCUT2D eigenvalue weighted by Crippen LogP contribution is 2.55. The minimum atomic E-state index is -3.43. The first-order valence-electron chi connectivity index (χ1n) is 17.1. The van der Waals surface area contributed by atoms with Crippen LogP contribution in [0.2, 0.25) is 0 Å². The van der Waals surface area contributed by atoms with Crippen LogP contribution in [0.1, 0.15) is 138 Å². The average Bonchev–Trinajstić information content (AvgIpc) is 3.77. The van der Waals surface area contributed by atoms with Crippen LogP contribution < -0.4 is 0 Å². The number of hydrogen-bond donors (Lipinski definition) is 1. The first kappa shape index (κ1) is 37.3. The van der Waals surface area contributed by atoms with Crippen LogP contribution in [0.15, 0.2) is 24.3 Å². The number of ether oxygens (including phenoxy) is 2. The Hall–Kier alpha value is -2.13. The molecule has 0 radical (unpaired) electrons. The molecule has 1 aromatic carbocycles. The van der Waals surface area contributed by atoms with Crippen molar-refractivity contribution in [2.24, 2.45) is 22.7 Å². The molecule has 6 atom stereocenters. The van der Waals surface area contributed by atoms with Gasteiger partial charge in [-0.15, -0.1) is 0 Å². The summed E-state index contributed by atoms with van der Waals surface area (Å²) in [4.78, 5) is 24.1. The topological polar surface area (TPSA) is 116 Å². The zero-order chi connectivity index (χ0) is 33.8. The Morgan fingerprint density at radius 3 is 2.02 bits per heavy atom. The average molecular weight is 651 g/mol. The van der Waals surface area contributed by atoms with E-state index >= 15 is 0 Å². The van der Waals surface area contributed by atoms with Gasteiger partial charge in [-0.2, -0.15) is 8.42 Å². The molecule has 4 fully saturated rings. The van der Waals surface area contributed by atoms with Crippen molar-refractivity contribution in [3.05, 3.63) is 29.8 Å². The van der Waals surface area contributed by atoms with Gasteiger partial charge in [-0.25, -0.2) is 0 Å². The van der Waals surface area contributed by atoms with Crippen molar-refractivity contribution in [3.63, 3.8) is 0 Å². The summed E-state index contributed by atoms with van der Waals surface area (Å²) in [5.41, 5.74) is 0.304. The quantitative estimate of drug-likeness (QED) is 0.211. The fourth-order valence-electron chi connectivity index (χ4n) is 6.54. The van der Waals surface area contributed by atoms with Crippen LogP contribution >= 0.6 is 0 Å². The molecule has 1 saturated heterocycles. The monoisotopic (exact) mass is 650 g/mol. The van der Waals surface area contributed by atoms with E-state index in [0.717, 1.165) is 38.5 Å². The van der Waals surface area contributed by atoms with Crippen LogP contribution in [-0.4, -0.2) is 48.5 Å². The number of phenols is 1. The van der Waals surface area contributed by atoms with E-state index in [1.165, 1.54) is 18.4 Å². The van der Waals surface area contributed by atoms with Crippen molar-refractivity contribution in [3.8, 4) is 5.75 Å². The molecule has 5 rings (SSSR count). The third-order valence-corrected chi connectivity index (χ3v) is 12.8. The molecular weight excluding hydrogens is 592 g/mol. The molecule has 1 N–H and O–H groups in total. The Balaban J connectivity index is 0.000000192. The SMILES string of the molecule is CCC(C)(C)C(=O)OC1C2CC3C1OS(=O)(=O)C3C2.CCC(C)c1ccc(O)cc1.CCC1(OC(=O)C(C)(C)CC)CCCC1. The van der Waals surface area contributed by atoms with Crippen LogP contribution in [0.5, 0.6) is 5.75 Å². The highest BCUT2D eigenvalue weighted by atomic mass is 32.2. The molecule has 45 heavy (non-hydrogen) atoms. The fourth-order valence-corrected chi connectivity index (χ4v) is 8.42. The van der Waals surface area contributed by atoms with Gasteiger partial charge in [0.2, 0.25) is 0 Å². The molecule has 256 valence electrons. The van der Waals surface area contributed by atoms with Gasteiger partial charge >= 0.3 is 11.9 Å². The highest BCUT2D eigenvalue weighted by Gasteiger charge is 2.65. The number of benzene rings is 1. The number of fused-ring (bicyclic) bond motifs is 1. The molecule has 1 heterocycles. The van der Waals surface area contributed by atoms with Gasteiger partial charge in [0.15, 0.2) is 0 Å². The van der Waals surface area contributed by atoms with Gasteiger partial charge in [0, 0.05) is 11.8 Å². The van der Waals surface area contributed by atoms with E-state index in [0.29, 0.717) is 24.5 Å². The molecule has 0 aromatic heterocycles. The Labute approximate surface area is 272 Å². The number of hydrogen-bond acceptors (Lipinski definition) is 8. The zero-order valence-corrected chi connectivity index (χ0v) is 29.9. The van der Waals surface area contributed by atoms with Gasteiger partial charge in [-0.05, 0) is 116 Å². The van der Waals surface area contributed by atoms with Crippen LogP contribution in [0, 0.1) is 22.7 Å². The normalized spacial score (nSPS) is 27.9.